The number of hydrogen-bond donors (Lipinski definition) is 2. The van der Waals surface area contributed by atoms with E-state index in [0.717, 1.165) is 24.3 Å². The highest BCUT2D eigenvalue weighted by Crippen LogP contribution is 2.33. The molecule has 1 saturated carbocycles. The van der Waals surface area contributed by atoms with Gasteiger partial charge in [0.25, 0.3) is 11.5 Å². The van der Waals surface area contributed by atoms with Crippen molar-refractivity contribution in [1.82, 2.24) is 20.3 Å². The lowest BCUT2D eigenvalue weighted by Crippen LogP contribution is -2.50. The molecule has 1 aliphatic carbocycles. The Morgan fingerprint density at radius 1 is 1.11 bits per heavy atom. The Balaban J connectivity index is 1.45. The SMILES string of the molecule is O=C(NN1C(=O)NC2(CCCCC2)C1=O)c1ccc(Cn2ccccc2=O)o1. The molecule has 1 spiro atoms. The Morgan fingerprint density at radius 2 is 1.89 bits per heavy atom. The van der Waals surface area contributed by atoms with Crippen molar-refractivity contribution in [3.63, 3.8) is 0 Å². The minimum atomic E-state index is -0.911. The number of pyridine rings is 1. The normalized spacial score (nSPS) is 18.4. The third-order valence-electron chi connectivity index (χ3n) is 5.19. The van der Waals surface area contributed by atoms with Crippen molar-refractivity contribution in [3.05, 3.63) is 58.4 Å². The number of amides is 4. The molecule has 3 heterocycles. The summed E-state index contributed by atoms with van der Waals surface area (Å²) < 4.78 is 6.92. The molecular weight excluding hydrogens is 364 g/mol. The quantitative estimate of drug-likeness (QED) is 0.774. The van der Waals surface area contributed by atoms with Crippen LogP contribution >= 0.6 is 0 Å². The van der Waals surface area contributed by atoms with Gasteiger partial charge in [0.1, 0.15) is 11.3 Å². The van der Waals surface area contributed by atoms with Gasteiger partial charge in [0, 0.05) is 12.3 Å². The first-order chi connectivity index (χ1) is 13.5. The van der Waals surface area contributed by atoms with Crippen molar-refractivity contribution in [1.29, 1.82) is 0 Å². The number of nitrogens with one attached hydrogen (secondary N) is 2. The van der Waals surface area contributed by atoms with Gasteiger partial charge in [0.05, 0.1) is 6.54 Å². The molecule has 2 aromatic heterocycles. The molecule has 9 nitrogen and oxygen atoms in total. The standard InChI is InChI=1S/C19H20N4O5/c24-15-6-2-5-11-22(15)12-13-7-8-14(28-13)16(25)21-23-17(26)19(20-18(23)27)9-3-1-4-10-19/h2,5-8,11H,1,3-4,9-10,12H2,(H,20,27)(H,21,25). The average molecular weight is 384 g/mol. The van der Waals surface area contributed by atoms with Crippen LogP contribution in [0.3, 0.4) is 0 Å². The molecule has 1 aliphatic heterocycles. The molecular formula is C19H20N4O5. The largest absolute Gasteiger partial charge is 0.454 e. The van der Waals surface area contributed by atoms with Gasteiger partial charge in [-0.15, -0.1) is 0 Å². The lowest BCUT2D eigenvalue weighted by molar-refractivity contribution is -0.134. The van der Waals surface area contributed by atoms with Crippen LogP contribution in [0.15, 0.2) is 45.7 Å². The number of urea groups is 1. The van der Waals surface area contributed by atoms with Gasteiger partial charge in [-0.3, -0.25) is 14.4 Å². The highest BCUT2D eigenvalue weighted by atomic mass is 16.4. The molecule has 0 unspecified atom stereocenters. The lowest BCUT2D eigenvalue weighted by Gasteiger charge is -2.30. The fourth-order valence-electron chi connectivity index (χ4n) is 3.72. The van der Waals surface area contributed by atoms with Crippen LogP contribution in [-0.4, -0.2) is 33.0 Å². The molecule has 1 saturated heterocycles. The van der Waals surface area contributed by atoms with Gasteiger partial charge in [-0.1, -0.05) is 25.3 Å². The van der Waals surface area contributed by atoms with E-state index in [1.165, 1.54) is 16.7 Å². The average Bonchev–Trinajstić information content (AvgIpc) is 3.24. The van der Waals surface area contributed by atoms with E-state index in [1.807, 2.05) is 0 Å². The maximum Gasteiger partial charge on any atom is 0.344 e. The van der Waals surface area contributed by atoms with Crippen LogP contribution in [0.25, 0.3) is 0 Å². The second-order valence-corrected chi connectivity index (χ2v) is 7.09. The third kappa shape index (κ3) is 3.19. The topological polar surface area (TPSA) is 114 Å². The van der Waals surface area contributed by atoms with Crippen molar-refractivity contribution in [2.45, 2.75) is 44.2 Å². The molecule has 0 bridgehead atoms. The molecule has 4 rings (SSSR count). The number of carbonyl (C=O) groups excluding carboxylic acids is 3. The number of hydrazine groups is 1. The molecule has 0 aromatic carbocycles. The Bertz CT molecular complexity index is 986. The van der Waals surface area contributed by atoms with Gasteiger partial charge in [0.15, 0.2) is 5.76 Å². The summed E-state index contributed by atoms with van der Waals surface area (Å²) >= 11 is 0. The molecule has 4 amide bonds. The zero-order valence-corrected chi connectivity index (χ0v) is 15.1. The molecule has 146 valence electrons. The minimum absolute atomic E-state index is 0.0517. The number of rotatable bonds is 4. The first kappa shape index (κ1) is 18.0. The third-order valence-corrected chi connectivity index (χ3v) is 5.19. The van der Waals surface area contributed by atoms with E-state index in [-0.39, 0.29) is 17.9 Å². The number of furan rings is 1. The summed E-state index contributed by atoms with van der Waals surface area (Å²) in [5.41, 5.74) is 1.22. The minimum Gasteiger partial charge on any atom is -0.454 e. The molecule has 9 heteroatoms. The zero-order valence-electron chi connectivity index (χ0n) is 15.1. The molecule has 0 atom stereocenters. The number of aromatic nitrogens is 1. The van der Waals surface area contributed by atoms with Crippen LogP contribution in [0.4, 0.5) is 4.79 Å². The van der Waals surface area contributed by atoms with Gasteiger partial charge in [0.2, 0.25) is 0 Å². The second kappa shape index (κ2) is 6.99. The van der Waals surface area contributed by atoms with E-state index >= 15 is 0 Å². The summed E-state index contributed by atoms with van der Waals surface area (Å²) in [5, 5.41) is 3.46. The van der Waals surface area contributed by atoms with Gasteiger partial charge >= 0.3 is 11.9 Å². The fourth-order valence-corrected chi connectivity index (χ4v) is 3.72. The van der Waals surface area contributed by atoms with E-state index < -0.39 is 23.4 Å². The van der Waals surface area contributed by atoms with Crippen LogP contribution in [0.2, 0.25) is 0 Å². The van der Waals surface area contributed by atoms with E-state index in [1.54, 1.807) is 24.4 Å². The molecule has 2 N–H and O–H groups in total. The van der Waals surface area contributed by atoms with Gasteiger partial charge in [-0.05, 0) is 31.0 Å². The van der Waals surface area contributed by atoms with Crippen molar-refractivity contribution in [2.24, 2.45) is 0 Å². The predicted octanol–water partition coefficient (Wildman–Crippen LogP) is 1.39. The molecule has 2 fully saturated rings. The molecule has 2 aliphatic rings. The number of imide groups is 1. The summed E-state index contributed by atoms with van der Waals surface area (Å²) in [4.78, 5) is 49.1. The van der Waals surface area contributed by atoms with E-state index in [4.69, 9.17) is 4.42 Å². The first-order valence-electron chi connectivity index (χ1n) is 9.20. The Kier molecular flexibility index (Phi) is 4.50. The van der Waals surface area contributed by atoms with E-state index in [2.05, 4.69) is 10.7 Å². The predicted molar refractivity (Wildman–Crippen MR) is 97.2 cm³/mol. The van der Waals surface area contributed by atoms with Crippen LogP contribution in [-0.2, 0) is 11.3 Å². The lowest BCUT2D eigenvalue weighted by atomic mass is 9.82. The Morgan fingerprint density at radius 3 is 2.64 bits per heavy atom. The number of nitrogens with zero attached hydrogens (tertiary/aromatic N) is 2. The maximum absolute atomic E-state index is 12.7. The van der Waals surface area contributed by atoms with Crippen LogP contribution in [0.1, 0.15) is 48.4 Å². The summed E-state index contributed by atoms with van der Waals surface area (Å²) in [5.74, 6) is -0.792. The van der Waals surface area contributed by atoms with E-state index in [9.17, 15) is 19.2 Å². The highest BCUT2D eigenvalue weighted by Gasteiger charge is 2.52. The van der Waals surface area contributed by atoms with Gasteiger partial charge < -0.3 is 14.3 Å². The monoisotopic (exact) mass is 384 g/mol. The first-order valence-corrected chi connectivity index (χ1v) is 9.20. The van der Waals surface area contributed by atoms with Crippen molar-refractivity contribution in [3.8, 4) is 0 Å². The van der Waals surface area contributed by atoms with Crippen LogP contribution in [0.5, 0.6) is 0 Å². The van der Waals surface area contributed by atoms with E-state index in [0.29, 0.717) is 18.6 Å². The maximum atomic E-state index is 12.7. The van der Waals surface area contributed by atoms with Crippen molar-refractivity contribution in [2.75, 3.05) is 0 Å². The van der Waals surface area contributed by atoms with Crippen LogP contribution in [0, 0.1) is 0 Å². The number of hydrogen-bond acceptors (Lipinski definition) is 5. The second-order valence-electron chi connectivity index (χ2n) is 7.09. The van der Waals surface area contributed by atoms with Gasteiger partial charge in [-0.25, -0.2) is 10.2 Å². The van der Waals surface area contributed by atoms with Crippen LogP contribution < -0.4 is 16.3 Å². The smallest absolute Gasteiger partial charge is 0.344 e. The van der Waals surface area contributed by atoms with Crippen molar-refractivity contribution < 1.29 is 18.8 Å². The summed E-state index contributed by atoms with van der Waals surface area (Å²) in [6.45, 7) is 0.166. The molecule has 28 heavy (non-hydrogen) atoms. The number of carbonyl (C=O) groups is 3. The van der Waals surface area contributed by atoms with Gasteiger partial charge in [-0.2, -0.15) is 5.01 Å². The summed E-state index contributed by atoms with van der Waals surface area (Å²) in [6, 6.07) is 7.15. The fraction of sp³-hybridized carbons (Fsp3) is 0.368. The van der Waals surface area contributed by atoms with Crippen molar-refractivity contribution >= 4 is 17.8 Å². The summed E-state index contributed by atoms with van der Waals surface area (Å²) in [7, 11) is 0. The zero-order chi connectivity index (χ0) is 19.7. The highest BCUT2D eigenvalue weighted by molar-refractivity contribution is 6.09. The summed E-state index contributed by atoms with van der Waals surface area (Å²) in [6.07, 6.45) is 5.49. The molecule has 2 aromatic rings. The Labute approximate surface area is 160 Å². The Hall–Kier alpha value is -3.36. The molecule has 0 radical (unpaired) electrons.